The molecule has 0 unspecified atom stereocenters. The van der Waals surface area contributed by atoms with Crippen LogP contribution in [0.5, 0.6) is 0 Å². The van der Waals surface area contributed by atoms with Crippen molar-refractivity contribution in [1.29, 1.82) is 0 Å². The number of esters is 1. The molecule has 0 radical (unpaired) electrons. The molecule has 2 aromatic carbocycles. The molecule has 0 aliphatic rings. The lowest BCUT2D eigenvalue weighted by molar-refractivity contribution is -0.119. The molecule has 8 nitrogen and oxygen atoms in total. The first kappa shape index (κ1) is 20.4. The fourth-order valence-electron chi connectivity index (χ4n) is 2.96. The SMILES string of the molecule is Cc1nc2ccccc2c(C)c1C(=O)OCC(=O)Nc1ccc(S(N)(=O)=O)cc1. The first-order valence-corrected chi connectivity index (χ1v) is 10.2. The number of rotatable bonds is 5. The van der Waals surface area contributed by atoms with Crippen LogP contribution in [0.25, 0.3) is 10.9 Å². The highest BCUT2D eigenvalue weighted by molar-refractivity contribution is 7.89. The number of hydrogen-bond donors (Lipinski definition) is 2. The van der Waals surface area contributed by atoms with Crippen molar-refractivity contribution in [3.05, 3.63) is 65.4 Å². The maximum Gasteiger partial charge on any atom is 0.340 e. The zero-order valence-corrected chi connectivity index (χ0v) is 16.6. The van der Waals surface area contributed by atoms with E-state index in [1.807, 2.05) is 24.3 Å². The molecule has 0 bridgehead atoms. The van der Waals surface area contributed by atoms with E-state index in [0.717, 1.165) is 16.5 Å². The van der Waals surface area contributed by atoms with Crippen molar-refractivity contribution in [1.82, 2.24) is 4.98 Å². The van der Waals surface area contributed by atoms with Gasteiger partial charge in [0.25, 0.3) is 5.91 Å². The number of fused-ring (bicyclic) bond motifs is 1. The number of aryl methyl sites for hydroxylation is 2. The monoisotopic (exact) mass is 413 g/mol. The third-order valence-corrected chi connectivity index (χ3v) is 5.27. The Hall–Kier alpha value is -3.30. The van der Waals surface area contributed by atoms with Gasteiger partial charge in [0.15, 0.2) is 6.61 Å². The zero-order valence-electron chi connectivity index (χ0n) is 15.8. The molecule has 0 aliphatic heterocycles. The van der Waals surface area contributed by atoms with Gasteiger partial charge in [-0.3, -0.25) is 9.78 Å². The number of nitrogens with zero attached hydrogens (tertiary/aromatic N) is 1. The second-order valence-electron chi connectivity index (χ2n) is 6.41. The Morgan fingerprint density at radius 3 is 2.38 bits per heavy atom. The van der Waals surface area contributed by atoms with E-state index in [1.54, 1.807) is 13.8 Å². The van der Waals surface area contributed by atoms with Crippen LogP contribution in [0.3, 0.4) is 0 Å². The number of sulfonamides is 1. The van der Waals surface area contributed by atoms with Gasteiger partial charge in [0.2, 0.25) is 10.0 Å². The molecule has 3 aromatic rings. The Morgan fingerprint density at radius 1 is 1.07 bits per heavy atom. The van der Waals surface area contributed by atoms with Gasteiger partial charge in [0.1, 0.15) is 0 Å². The van der Waals surface area contributed by atoms with Crippen LogP contribution in [0.1, 0.15) is 21.6 Å². The maximum atomic E-state index is 12.5. The normalized spacial score (nSPS) is 11.3. The Bertz CT molecular complexity index is 1200. The fraction of sp³-hybridized carbons (Fsp3) is 0.150. The molecule has 29 heavy (non-hydrogen) atoms. The minimum Gasteiger partial charge on any atom is -0.452 e. The average molecular weight is 413 g/mol. The van der Waals surface area contributed by atoms with Crippen LogP contribution in [-0.4, -0.2) is 31.9 Å². The summed E-state index contributed by atoms with van der Waals surface area (Å²) < 4.78 is 27.6. The Balaban J connectivity index is 1.68. The number of carbonyl (C=O) groups is 2. The van der Waals surface area contributed by atoms with Gasteiger partial charge < -0.3 is 10.1 Å². The molecule has 0 saturated carbocycles. The lowest BCUT2D eigenvalue weighted by atomic mass is 10.0. The molecule has 1 amide bonds. The summed E-state index contributed by atoms with van der Waals surface area (Å²) in [6, 6.07) is 12.8. The average Bonchev–Trinajstić information content (AvgIpc) is 2.66. The van der Waals surface area contributed by atoms with Crippen LogP contribution in [-0.2, 0) is 19.6 Å². The van der Waals surface area contributed by atoms with Crippen molar-refractivity contribution in [2.45, 2.75) is 18.7 Å². The van der Waals surface area contributed by atoms with Gasteiger partial charge >= 0.3 is 5.97 Å². The number of aromatic nitrogens is 1. The third-order valence-electron chi connectivity index (χ3n) is 4.34. The number of pyridine rings is 1. The fourth-order valence-corrected chi connectivity index (χ4v) is 3.48. The van der Waals surface area contributed by atoms with Crippen LogP contribution in [0.4, 0.5) is 5.69 Å². The van der Waals surface area contributed by atoms with Gasteiger partial charge in [-0.05, 0) is 49.7 Å². The number of para-hydroxylation sites is 1. The molecule has 9 heteroatoms. The van der Waals surface area contributed by atoms with E-state index in [4.69, 9.17) is 9.88 Å². The predicted octanol–water partition coefficient (Wildman–Crippen LogP) is 2.29. The summed E-state index contributed by atoms with van der Waals surface area (Å²) in [5, 5.41) is 8.38. The molecule has 1 heterocycles. The largest absolute Gasteiger partial charge is 0.452 e. The molecule has 0 aliphatic carbocycles. The maximum absolute atomic E-state index is 12.5. The van der Waals surface area contributed by atoms with Gasteiger partial charge in [-0.2, -0.15) is 0 Å². The molecule has 0 spiro atoms. The number of anilines is 1. The number of benzene rings is 2. The molecular formula is C20H19N3O5S. The Labute approximate surface area is 167 Å². The quantitative estimate of drug-likeness (QED) is 0.618. The van der Waals surface area contributed by atoms with Gasteiger partial charge in [0.05, 0.1) is 21.7 Å². The number of amides is 1. The van der Waals surface area contributed by atoms with Crippen LogP contribution < -0.4 is 10.5 Å². The second-order valence-corrected chi connectivity index (χ2v) is 7.97. The lowest BCUT2D eigenvalue weighted by Gasteiger charge is -2.12. The molecule has 0 atom stereocenters. The van der Waals surface area contributed by atoms with Crippen molar-refractivity contribution in [2.24, 2.45) is 5.14 Å². The third kappa shape index (κ3) is 4.58. The summed E-state index contributed by atoms with van der Waals surface area (Å²) in [5.74, 6) is -1.20. The number of nitrogens with one attached hydrogen (secondary N) is 1. The van der Waals surface area contributed by atoms with E-state index in [0.29, 0.717) is 16.9 Å². The number of nitrogens with two attached hydrogens (primary N) is 1. The van der Waals surface area contributed by atoms with Gasteiger partial charge in [0, 0.05) is 11.1 Å². The van der Waals surface area contributed by atoms with Crippen molar-refractivity contribution in [3.63, 3.8) is 0 Å². The minimum absolute atomic E-state index is 0.0725. The molecule has 0 fully saturated rings. The Morgan fingerprint density at radius 2 is 1.72 bits per heavy atom. The van der Waals surface area contributed by atoms with E-state index in [1.165, 1.54) is 24.3 Å². The first-order valence-electron chi connectivity index (χ1n) is 8.62. The van der Waals surface area contributed by atoms with Crippen molar-refractivity contribution >= 4 is 38.5 Å². The highest BCUT2D eigenvalue weighted by Crippen LogP contribution is 2.23. The van der Waals surface area contributed by atoms with Crippen molar-refractivity contribution in [3.8, 4) is 0 Å². The summed E-state index contributed by atoms with van der Waals surface area (Å²) in [6.07, 6.45) is 0. The van der Waals surface area contributed by atoms with Crippen molar-refractivity contribution < 1.29 is 22.7 Å². The van der Waals surface area contributed by atoms with Crippen LogP contribution in [0.15, 0.2) is 53.4 Å². The number of hydrogen-bond acceptors (Lipinski definition) is 6. The first-order chi connectivity index (χ1) is 13.7. The number of carbonyl (C=O) groups excluding carboxylic acids is 2. The van der Waals surface area contributed by atoms with Crippen LogP contribution in [0.2, 0.25) is 0 Å². The van der Waals surface area contributed by atoms with E-state index in [2.05, 4.69) is 10.3 Å². The zero-order chi connectivity index (χ0) is 21.2. The summed E-state index contributed by atoms with van der Waals surface area (Å²) in [7, 11) is -3.81. The number of ether oxygens (including phenoxy) is 1. The predicted molar refractivity (Wildman–Crippen MR) is 108 cm³/mol. The smallest absolute Gasteiger partial charge is 0.340 e. The standard InChI is InChI=1S/C20H19N3O5S/c1-12-16-5-3-4-6-17(16)22-13(2)19(12)20(25)28-11-18(24)23-14-7-9-15(10-8-14)29(21,26)27/h3-10H,11H2,1-2H3,(H,23,24)(H2,21,26,27). The van der Waals surface area contributed by atoms with Crippen LogP contribution >= 0.6 is 0 Å². The van der Waals surface area contributed by atoms with Crippen LogP contribution in [0, 0.1) is 13.8 Å². The van der Waals surface area contributed by atoms with E-state index in [-0.39, 0.29) is 4.90 Å². The molecule has 150 valence electrons. The summed E-state index contributed by atoms with van der Waals surface area (Å²) in [5.41, 5.74) is 2.70. The molecular weight excluding hydrogens is 394 g/mol. The highest BCUT2D eigenvalue weighted by atomic mass is 32.2. The van der Waals surface area contributed by atoms with Gasteiger partial charge in [-0.25, -0.2) is 18.4 Å². The minimum atomic E-state index is -3.81. The van der Waals surface area contributed by atoms with E-state index >= 15 is 0 Å². The topological polar surface area (TPSA) is 128 Å². The lowest BCUT2D eigenvalue weighted by Crippen LogP contribution is -2.22. The van der Waals surface area contributed by atoms with E-state index < -0.39 is 28.5 Å². The van der Waals surface area contributed by atoms with E-state index in [9.17, 15) is 18.0 Å². The van der Waals surface area contributed by atoms with Crippen molar-refractivity contribution in [2.75, 3.05) is 11.9 Å². The van der Waals surface area contributed by atoms with Gasteiger partial charge in [-0.1, -0.05) is 18.2 Å². The highest BCUT2D eigenvalue weighted by Gasteiger charge is 2.19. The molecule has 0 saturated heterocycles. The summed E-state index contributed by atoms with van der Waals surface area (Å²) >= 11 is 0. The second kappa shape index (κ2) is 7.98. The molecule has 3 N–H and O–H groups in total. The summed E-state index contributed by atoms with van der Waals surface area (Å²) in [6.45, 7) is 3.02. The van der Waals surface area contributed by atoms with Gasteiger partial charge in [-0.15, -0.1) is 0 Å². The number of primary sulfonamides is 1. The Kier molecular flexibility index (Phi) is 5.62. The molecule has 3 rings (SSSR count). The molecule has 1 aromatic heterocycles. The summed E-state index contributed by atoms with van der Waals surface area (Å²) in [4.78, 5) is 28.9.